The number of imide groups is 1. The van der Waals surface area contributed by atoms with E-state index >= 15 is 0 Å². The van der Waals surface area contributed by atoms with Crippen LogP contribution in [0.2, 0.25) is 0 Å². The minimum absolute atomic E-state index is 0.0295. The highest BCUT2D eigenvalue weighted by molar-refractivity contribution is 7.99. The average molecular weight is 378 g/mol. The fourth-order valence-electron chi connectivity index (χ4n) is 3.25. The number of anilines is 1. The number of carbonyl (C=O) groups excluding carboxylic acids is 3. The van der Waals surface area contributed by atoms with Crippen molar-refractivity contribution < 1.29 is 24.2 Å². The van der Waals surface area contributed by atoms with E-state index < -0.39 is 11.5 Å². The van der Waals surface area contributed by atoms with E-state index in [9.17, 15) is 19.5 Å². The molecule has 1 aromatic carbocycles. The molecule has 26 heavy (non-hydrogen) atoms. The molecule has 8 heteroatoms. The molecule has 2 fully saturated rings. The quantitative estimate of drug-likeness (QED) is 0.724. The largest absolute Gasteiger partial charge is 0.491 e. The van der Waals surface area contributed by atoms with Crippen LogP contribution < -0.4 is 10.1 Å². The maximum atomic E-state index is 12.6. The first kappa shape index (κ1) is 18.7. The van der Waals surface area contributed by atoms with Crippen molar-refractivity contribution in [3.05, 3.63) is 24.3 Å². The Morgan fingerprint density at radius 3 is 2.73 bits per heavy atom. The summed E-state index contributed by atoms with van der Waals surface area (Å²) >= 11 is 1.70. The van der Waals surface area contributed by atoms with Crippen molar-refractivity contribution >= 4 is 35.2 Å². The van der Waals surface area contributed by atoms with Gasteiger partial charge >= 0.3 is 0 Å². The number of aliphatic hydroxyl groups is 1. The Hall–Kier alpha value is -2.06. The van der Waals surface area contributed by atoms with E-state index in [1.165, 1.54) is 11.8 Å². The zero-order valence-corrected chi connectivity index (χ0v) is 15.4. The van der Waals surface area contributed by atoms with E-state index in [0.29, 0.717) is 17.2 Å². The number of β-amino-alcohol motifs (C(OH)–C–C–N with tert-alkyl or cyclic N) is 1. The van der Waals surface area contributed by atoms with Crippen LogP contribution in [0.3, 0.4) is 0 Å². The monoisotopic (exact) mass is 378 g/mol. The van der Waals surface area contributed by atoms with Gasteiger partial charge in [-0.1, -0.05) is 0 Å². The van der Waals surface area contributed by atoms with Crippen LogP contribution in [-0.2, 0) is 14.4 Å². The molecule has 2 heterocycles. The van der Waals surface area contributed by atoms with Gasteiger partial charge in [-0.15, -0.1) is 0 Å². The van der Waals surface area contributed by atoms with Crippen LogP contribution >= 0.6 is 11.8 Å². The maximum Gasteiger partial charge on any atom is 0.236 e. The van der Waals surface area contributed by atoms with Crippen LogP contribution in [0.1, 0.15) is 19.8 Å². The molecular formula is C18H22N2O5S. The molecule has 0 radical (unpaired) electrons. The van der Waals surface area contributed by atoms with Crippen LogP contribution in [-0.4, -0.2) is 58.5 Å². The molecule has 140 valence electrons. The first-order valence-corrected chi connectivity index (χ1v) is 9.66. The zero-order valence-electron chi connectivity index (χ0n) is 14.6. The number of aliphatic hydroxyl groups excluding tert-OH is 1. The van der Waals surface area contributed by atoms with Gasteiger partial charge in [0.25, 0.3) is 0 Å². The summed E-state index contributed by atoms with van der Waals surface area (Å²) in [6, 6.07) is 6.74. The molecule has 2 saturated heterocycles. The van der Waals surface area contributed by atoms with Gasteiger partial charge in [0.2, 0.25) is 17.7 Å². The number of likely N-dealkylation sites (tertiary alicyclic amines) is 1. The Kier molecular flexibility index (Phi) is 5.52. The molecule has 0 aromatic heterocycles. The molecule has 0 saturated carbocycles. The number of ether oxygens (including phenoxy) is 1. The molecule has 3 amide bonds. The van der Waals surface area contributed by atoms with Gasteiger partial charge in [0, 0.05) is 24.8 Å². The molecule has 3 rings (SSSR count). The van der Waals surface area contributed by atoms with Crippen molar-refractivity contribution in [1.82, 2.24) is 4.90 Å². The lowest BCUT2D eigenvalue weighted by Crippen LogP contribution is -2.41. The molecule has 2 atom stereocenters. The number of hydrogen-bond acceptors (Lipinski definition) is 6. The number of thioether (sulfide) groups is 1. The maximum absolute atomic E-state index is 12.6. The summed E-state index contributed by atoms with van der Waals surface area (Å²) in [6.45, 7) is 1.35. The van der Waals surface area contributed by atoms with Gasteiger partial charge in [-0.2, -0.15) is 11.8 Å². The Morgan fingerprint density at radius 2 is 2.12 bits per heavy atom. The summed E-state index contributed by atoms with van der Waals surface area (Å²) < 4.78 is 5.51. The van der Waals surface area contributed by atoms with Gasteiger partial charge in [0.15, 0.2) is 0 Å². The van der Waals surface area contributed by atoms with E-state index in [1.54, 1.807) is 36.0 Å². The summed E-state index contributed by atoms with van der Waals surface area (Å²) in [6.07, 6.45) is 0.0188. The summed E-state index contributed by atoms with van der Waals surface area (Å²) in [5.74, 6) is 1.57. The molecule has 0 unspecified atom stereocenters. The number of hydrogen-bond donors (Lipinski definition) is 2. The van der Waals surface area contributed by atoms with Crippen LogP contribution in [0.25, 0.3) is 0 Å². The zero-order chi connectivity index (χ0) is 18.7. The SMILES string of the molecule is CC(=O)Nc1ccc(OC[C@@H](O)CN2C(=O)C[C@]3(CCSC3)C2=O)cc1. The van der Waals surface area contributed by atoms with Crippen molar-refractivity contribution in [2.45, 2.75) is 25.9 Å². The van der Waals surface area contributed by atoms with Gasteiger partial charge in [0.1, 0.15) is 18.5 Å². The topological polar surface area (TPSA) is 95.9 Å². The normalized spacial score (nSPS) is 23.5. The predicted molar refractivity (Wildman–Crippen MR) is 98.0 cm³/mol. The molecule has 0 bridgehead atoms. The van der Waals surface area contributed by atoms with Gasteiger partial charge in [-0.25, -0.2) is 0 Å². The van der Waals surface area contributed by atoms with E-state index in [1.807, 2.05) is 0 Å². The highest BCUT2D eigenvalue weighted by Gasteiger charge is 2.53. The summed E-state index contributed by atoms with van der Waals surface area (Å²) in [5.41, 5.74) is 0.0976. The lowest BCUT2D eigenvalue weighted by molar-refractivity contribution is -0.142. The van der Waals surface area contributed by atoms with Gasteiger partial charge in [-0.05, 0) is 36.4 Å². The molecule has 2 aliphatic heterocycles. The van der Waals surface area contributed by atoms with Crippen LogP contribution in [0.15, 0.2) is 24.3 Å². The Labute approximate surface area is 156 Å². The number of benzene rings is 1. The highest BCUT2D eigenvalue weighted by Crippen LogP contribution is 2.44. The van der Waals surface area contributed by atoms with Crippen LogP contribution in [0.5, 0.6) is 5.75 Å². The molecule has 1 aromatic rings. The lowest BCUT2D eigenvalue weighted by Gasteiger charge is -2.22. The third kappa shape index (κ3) is 4.02. The smallest absolute Gasteiger partial charge is 0.236 e. The van der Waals surface area contributed by atoms with Crippen molar-refractivity contribution in [2.24, 2.45) is 5.41 Å². The van der Waals surface area contributed by atoms with Gasteiger partial charge < -0.3 is 15.2 Å². The summed E-state index contributed by atoms with van der Waals surface area (Å²) in [7, 11) is 0. The Morgan fingerprint density at radius 1 is 1.38 bits per heavy atom. The van der Waals surface area contributed by atoms with Crippen LogP contribution in [0, 0.1) is 5.41 Å². The number of carbonyl (C=O) groups is 3. The molecule has 1 spiro atoms. The Bertz CT molecular complexity index is 700. The fourth-order valence-corrected chi connectivity index (χ4v) is 4.69. The third-order valence-electron chi connectivity index (χ3n) is 4.60. The molecule has 2 N–H and O–H groups in total. The highest BCUT2D eigenvalue weighted by atomic mass is 32.2. The Balaban J connectivity index is 1.51. The van der Waals surface area contributed by atoms with Crippen molar-refractivity contribution in [2.75, 3.05) is 30.0 Å². The minimum Gasteiger partial charge on any atom is -0.491 e. The lowest BCUT2D eigenvalue weighted by atomic mass is 9.86. The number of nitrogens with one attached hydrogen (secondary N) is 1. The first-order chi connectivity index (χ1) is 12.4. The summed E-state index contributed by atoms with van der Waals surface area (Å²) in [5, 5.41) is 12.8. The van der Waals surface area contributed by atoms with E-state index in [-0.39, 0.29) is 37.3 Å². The van der Waals surface area contributed by atoms with Crippen molar-refractivity contribution in [3.63, 3.8) is 0 Å². The standard InChI is InChI=1S/C18H22N2O5S/c1-12(21)19-13-2-4-15(5-3-13)25-10-14(22)9-20-16(23)8-18(17(20)24)6-7-26-11-18/h2-5,14,22H,6-11H2,1H3,(H,19,21)/t14-,18-/m0/s1. The molecule has 0 aliphatic carbocycles. The minimum atomic E-state index is -0.956. The van der Waals surface area contributed by atoms with Crippen molar-refractivity contribution in [1.29, 1.82) is 0 Å². The van der Waals surface area contributed by atoms with E-state index in [0.717, 1.165) is 12.2 Å². The van der Waals surface area contributed by atoms with E-state index in [2.05, 4.69) is 5.32 Å². The fraction of sp³-hybridized carbons (Fsp3) is 0.500. The van der Waals surface area contributed by atoms with E-state index in [4.69, 9.17) is 4.74 Å². The summed E-state index contributed by atoms with van der Waals surface area (Å²) in [4.78, 5) is 36.9. The van der Waals surface area contributed by atoms with Gasteiger partial charge in [0.05, 0.1) is 12.0 Å². The van der Waals surface area contributed by atoms with Gasteiger partial charge in [-0.3, -0.25) is 19.3 Å². The molecule has 2 aliphatic rings. The number of nitrogens with zero attached hydrogens (tertiary/aromatic N) is 1. The number of amides is 3. The number of rotatable bonds is 6. The molecule has 7 nitrogen and oxygen atoms in total. The molecular weight excluding hydrogens is 356 g/mol. The first-order valence-electron chi connectivity index (χ1n) is 8.51. The second kappa shape index (κ2) is 7.67. The van der Waals surface area contributed by atoms with Crippen LogP contribution in [0.4, 0.5) is 5.69 Å². The second-order valence-electron chi connectivity index (χ2n) is 6.74. The second-order valence-corrected chi connectivity index (χ2v) is 7.84. The predicted octanol–water partition coefficient (Wildman–Crippen LogP) is 1.27. The van der Waals surface area contributed by atoms with Crippen molar-refractivity contribution in [3.8, 4) is 5.75 Å². The third-order valence-corrected chi connectivity index (χ3v) is 5.85. The average Bonchev–Trinajstić information content (AvgIpc) is 3.15.